The fourth-order valence-electron chi connectivity index (χ4n) is 4.56. The van der Waals surface area contributed by atoms with Crippen LogP contribution in [0.1, 0.15) is 40.0 Å². The molecule has 0 unspecified atom stereocenters. The van der Waals surface area contributed by atoms with Crippen LogP contribution in [0.4, 0.5) is 22.1 Å². The summed E-state index contributed by atoms with van der Waals surface area (Å²) in [6, 6.07) is 5.26. The van der Waals surface area contributed by atoms with Crippen LogP contribution in [-0.2, 0) is 17.8 Å². The van der Waals surface area contributed by atoms with Crippen molar-refractivity contribution in [3.63, 3.8) is 0 Å². The number of likely N-dealkylation sites (N-methyl/N-ethyl adjacent to an activating group) is 1. The lowest BCUT2D eigenvalue weighted by Gasteiger charge is -2.33. The number of pyridine rings is 2. The van der Waals surface area contributed by atoms with Gasteiger partial charge in [-0.15, -0.1) is 0 Å². The Morgan fingerprint density at radius 2 is 2.13 bits per heavy atom. The minimum absolute atomic E-state index is 0.0161. The van der Waals surface area contributed by atoms with Gasteiger partial charge < -0.3 is 10.2 Å². The molecule has 4 rings (SSSR count). The van der Waals surface area contributed by atoms with E-state index in [4.69, 9.17) is 0 Å². The molecule has 200 valence electrons. The predicted octanol–water partition coefficient (Wildman–Crippen LogP) is 2.58. The van der Waals surface area contributed by atoms with Crippen molar-refractivity contribution in [2.45, 2.75) is 25.8 Å². The van der Waals surface area contributed by atoms with Crippen LogP contribution in [0.15, 0.2) is 18.3 Å². The van der Waals surface area contributed by atoms with Crippen LogP contribution in [0.5, 0.6) is 0 Å². The molecule has 38 heavy (non-hydrogen) atoms. The number of anilines is 3. The highest BCUT2D eigenvalue weighted by atomic mass is 32.2. The van der Waals surface area contributed by atoms with Gasteiger partial charge in [0, 0.05) is 50.6 Å². The first-order valence-electron chi connectivity index (χ1n) is 12.6. The first-order valence-corrected chi connectivity index (χ1v) is 14.0. The number of hydrogen-bond donors (Lipinski definition) is 2. The molecule has 0 bridgehead atoms. The Morgan fingerprint density at radius 1 is 1.29 bits per heavy atom. The Hall–Kier alpha value is -3.69. The standard InChI is InChI=1S/C26H32N8O3S/c1-32-8-9-33(24(36)16-32)15-19-11-18-5-3-7-34(25(18)30-22(19)17-35)26(37)31-23-12-21(20(13-27)14-29-23)28-6-4-10-38-2/h11-12,14,17H,3-10,15-16H2,1-2H3,(H2,28,29,31,37). The average molecular weight is 537 g/mol. The van der Waals surface area contributed by atoms with E-state index >= 15 is 0 Å². The fraction of sp³-hybridized carbons (Fsp3) is 0.462. The molecule has 4 heterocycles. The summed E-state index contributed by atoms with van der Waals surface area (Å²) in [5, 5.41) is 15.5. The highest BCUT2D eigenvalue weighted by Gasteiger charge is 2.28. The zero-order chi connectivity index (χ0) is 27.1. The van der Waals surface area contributed by atoms with Crippen LogP contribution in [0.3, 0.4) is 0 Å². The highest BCUT2D eigenvalue weighted by Crippen LogP contribution is 2.29. The maximum Gasteiger partial charge on any atom is 0.328 e. The number of urea groups is 1. The van der Waals surface area contributed by atoms with E-state index in [1.807, 2.05) is 24.3 Å². The SMILES string of the molecule is CSCCCNc1cc(NC(=O)N2CCCc3cc(CN4CCN(C)CC4=O)c(C=O)nc32)ncc1C#N. The van der Waals surface area contributed by atoms with Crippen LogP contribution in [-0.4, -0.2) is 89.8 Å². The molecule has 0 radical (unpaired) electrons. The summed E-state index contributed by atoms with van der Waals surface area (Å²) in [6.45, 7) is 3.16. The van der Waals surface area contributed by atoms with Gasteiger partial charge in [-0.1, -0.05) is 0 Å². The van der Waals surface area contributed by atoms with Gasteiger partial charge in [-0.25, -0.2) is 14.8 Å². The third-order valence-electron chi connectivity index (χ3n) is 6.60. The largest absolute Gasteiger partial charge is 0.384 e. The van der Waals surface area contributed by atoms with Crippen molar-refractivity contribution < 1.29 is 14.4 Å². The van der Waals surface area contributed by atoms with E-state index in [1.165, 1.54) is 11.1 Å². The second-order valence-electron chi connectivity index (χ2n) is 9.37. The Bertz CT molecular complexity index is 1250. The molecule has 1 saturated heterocycles. The zero-order valence-corrected chi connectivity index (χ0v) is 22.5. The van der Waals surface area contributed by atoms with E-state index in [1.54, 1.807) is 22.7 Å². The molecular formula is C26H32N8O3S. The van der Waals surface area contributed by atoms with Gasteiger partial charge >= 0.3 is 6.03 Å². The number of amides is 3. The van der Waals surface area contributed by atoms with Crippen molar-refractivity contribution in [3.8, 4) is 6.07 Å². The molecule has 0 aromatic carbocycles. The first kappa shape index (κ1) is 27.3. The molecule has 3 amide bonds. The number of carbonyl (C=O) groups excluding carboxylic acids is 3. The number of piperazine rings is 1. The smallest absolute Gasteiger partial charge is 0.328 e. The molecule has 2 aliphatic rings. The Balaban J connectivity index is 1.51. The van der Waals surface area contributed by atoms with Crippen molar-refractivity contribution in [1.29, 1.82) is 5.26 Å². The number of fused-ring (bicyclic) bond motifs is 1. The van der Waals surface area contributed by atoms with Gasteiger partial charge in [0.25, 0.3) is 0 Å². The van der Waals surface area contributed by atoms with Gasteiger partial charge in [-0.3, -0.25) is 24.7 Å². The summed E-state index contributed by atoms with van der Waals surface area (Å²) in [7, 11) is 1.91. The molecule has 0 atom stereocenters. The number of aldehydes is 1. The third kappa shape index (κ3) is 6.41. The van der Waals surface area contributed by atoms with E-state index in [2.05, 4.69) is 26.7 Å². The molecule has 11 nitrogen and oxygen atoms in total. The summed E-state index contributed by atoms with van der Waals surface area (Å²) in [6.07, 6.45) is 6.55. The van der Waals surface area contributed by atoms with Crippen molar-refractivity contribution >= 4 is 47.3 Å². The number of nitrogens with one attached hydrogen (secondary N) is 2. The van der Waals surface area contributed by atoms with Gasteiger partial charge in [0.05, 0.1) is 17.8 Å². The number of carbonyl (C=O) groups is 3. The maximum absolute atomic E-state index is 13.3. The van der Waals surface area contributed by atoms with Gasteiger partial charge in [-0.05, 0) is 49.9 Å². The van der Waals surface area contributed by atoms with Crippen molar-refractivity contribution in [1.82, 2.24) is 19.8 Å². The second kappa shape index (κ2) is 12.7. The molecule has 2 aromatic rings. The molecule has 2 aliphatic heterocycles. The molecule has 2 N–H and O–H groups in total. The number of thioether (sulfide) groups is 1. The monoisotopic (exact) mass is 536 g/mol. The summed E-state index contributed by atoms with van der Waals surface area (Å²) >= 11 is 1.75. The van der Waals surface area contributed by atoms with Crippen molar-refractivity contribution in [3.05, 3.63) is 40.7 Å². The fourth-order valence-corrected chi connectivity index (χ4v) is 4.99. The molecule has 0 spiro atoms. The number of rotatable bonds is 9. The second-order valence-corrected chi connectivity index (χ2v) is 10.4. The number of hydrogen-bond acceptors (Lipinski definition) is 9. The van der Waals surface area contributed by atoms with E-state index in [9.17, 15) is 19.6 Å². The topological polar surface area (TPSA) is 135 Å². The Kier molecular flexibility index (Phi) is 9.15. The average Bonchev–Trinajstić information content (AvgIpc) is 2.92. The molecule has 0 saturated carbocycles. The summed E-state index contributed by atoms with van der Waals surface area (Å²) in [4.78, 5) is 51.7. The van der Waals surface area contributed by atoms with Crippen molar-refractivity contribution in [2.75, 3.05) is 67.3 Å². The summed E-state index contributed by atoms with van der Waals surface area (Å²) in [5.74, 6) is 1.77. The predicted molar refractivity (Wildman–Crippen MR) is 148 cm³/mol. The Labute approximate surface area is 226 Å². The quantitative estimate of drug-likeness (QED) is 0.366. The molecule has 12 heteroatoms. The molecule has 1 fully saturated rings. The van der Waals surface area contributed by atoms with Gasteiger partial charge in [0.15, 0.2) is 6.29 Å². The minimum atomic E-state index is -0.414. The number of nitriles is 1. The minimum Gasteiger partial charge on any atom is -0.384 e. The first-order chi connectivity index (χ1) is 18.4. The molecular weight excluding hydrogens is 504 g/mol. The molecule has 0 aliphatic carbocycles. The maximum atomic E-state index is 13.3. The van der Waals surface area contributed by atoms with Crippen LogP contribution < -0.4 is 15.5 Å². The van der Waals surface area contributed by atoms with E-state index in [0.717, 1.165) is 30.7 Å². The zero-order valence-electron chi connectivity index (χ0n) is 21.7. The van der Waals surface area contributed by atoms with Crippen molar-refractivity contribution in [2.24, 2.45) is 0 Å². The van der Waals surface area contributed by atoms with Crippen LogP contribution in [0, 0.1) is 11.3 Å². The number of nitrogens with zero attached hydrogens (tertiary/aromatic N) is 6. The summed E-state index contributed by atoms with van der Waals surface area (Å²) in [5.41, 5.74) is 2.78. The van der Waals surface area contributed by atoms with Crippen LogP contribution in [0.2, 0.25) is 0 Å². The van der Waals surface area contributed by atoms with Crippen LogP contribution >= 0.6 is 11.8 Å². The van der Waals surface area contributed by atoms with E-state index < -0.39 is 6.03 Å². The lowest BCUT2D eigenvalue weighted by atomic mass is 10.0. The lowest BCUT2D eigenvalue weighted by molar-refractivity contribution is -0.136. The lowest BCUT2D eigenvalue weighted by Crippen LogP contribution is -2.48. The Morgan fingerprint density at radius 3 is 2.87 bits per heavy atom. The third-order valence-corrected chi connectivity index (χ3v) is 7.30. The van der Waals surface area contributed by atoms with Gasteiger partial charge in [-0.2, -0.15) is 17.0 Å². The van der Waals surface area contributed by atoms with E-state index in [0.29, 0.717) is 73.9 Å². The van der Waals surface area contributed by atoms with Gasteiger partial charge in [0.1, 0.15) is 23.4 Å². The number of aryl methyl sites for hydroxylation is 1. The van der Waals surface area contributed by atoms with Gasteiger partial charge in [0.2, 0.25) is 5.91 Å². The van der Waals surface area contributed by atoms with Crippen LogP contribution in [0.25, 0.3) is 0 Å². The summed E-state index contributed by atoms with van der Waals surface area (Å²) < 4.78 is 0. The number of aromatic nitrogens is 2. The molecule has 2 aromatic heterocycles. The highest BCUT2D eigenvalue weighted by molar-refractivity contribution is 7.98. The normalized spacial score (nSPS) is 15.6. The van der Waals surface area contributed by atoms with E-state index in [-0.39, 0.29) is 11.6 Å².